The first-order chi connectivity index (χ1) is 11.2. The monoisotopic (exact) mass is 374 g/mol. The minimum absolute atomic E-state index is 0.181. The van der Waals surface area contributed by atoms with Crippen LogP contribution in [-0.2, 0) is 13.1 Å². The van der Waals surface area contributed by atoms with Crippen LogP contribution in [0.3, 0.4) is 0 Å². The molecule has 6 nitrogen and oxygen atoms in total. The maximum atomic E-state index is 12.1. The molecule has 2 heterocycles. The number of aromatic nitrogens is 3. The van der Waals surface area contributed by atoms with Gasteiger partial charge in [0.1, 0.15) is 0 Å². The molecule has 0 saturated heterocycles. The molecule has 0 aliphatic rings. The van der Waals surface area contributed by atoms with Gasteiger partial charge in [0.05, 0.1) is 17.8 Å². The first-order valence-electron chi connectivity index (χ1n) is 7.20. The smallest absolute Gasteiger partial charge is 0.252 e. The fourth-order valence-corrected chi connectivity index (χ4v) is 2.68. The molecule has 1 aromatic carbocycles. The average molecular weight is 375 g/mol. The lowest BCUT2D eigenvalue weighted by Crippen LogP contribution is -2.23. The molecule has 0 bridgehead atoms. The number of carbonyl (C=O) groups is 1. The summed E-state index contributed by atoms with van der Waals surface area (Å²) in [5.74, 6) is 0.681. The van der Waals surface area contributed by atoms with E-state index in [1.54, 1.807) is 6.07 Å². The molecule has 3 aromatic rings. The summed E-state index contributed by atoms with van der Waals surface area (Å²) in [7, 11) is 0. The molecule has 2 aromatic heterocycles. The summed E-state index contributed by atoms with van der Waals surface area (Å²) < 4.78 is 7.97. The molecule has 23 heavy (non-hydrogen) atoms. The van der Waals surface area contributed by atoms with Crippen molar-refractivity contribution in [2.45, 2.75) is 20.0 Å². The van der Waals surface area contributed by atoms with Gasteiger partial charge in [-0.3, -0.25) is 4.79 Å². The van der Waals surface area contributed by atoms with Crippen molar-refractivity contribution in [3.05, 3.63) is 58.5 Å². The number of aryl methyl sites for hydroxylation is 1. The van der Waals surface area contributed by atoms with Gasteiger partial charge in [0.2, 0.25) is 11.7 Å². The van der Waals surface area contributed by atoms with Crippen molar-refractivity contribution >= 4 is 21.8 Å². The van der Waals surface area contributed by atoms with E-state index >= 15 is 0 Å². The summed E-state index contributed by atoms with van der Waals surface area (Å²) in [6, 6.07) is 11.1. The van der Waals surface area contributed by atoms with Crippen molar-refractivity contribution in [2.24, 2.45) is 0 Å². The zero-order valence-electron chi connectivity index (χ0n) is 12.5. The van der Waals surface area contributed by atoms with E-state index in [0.717, 1.165) is 16.7 Å². The first-order valence-corrected chi connectivity index (χ1v) is 7.99. The fourth-order valence-electron chi connectivity index (χ4n) is 2.22. The van der Waals surface area contributed by atoms with Crippen LogP contribution >= 0.6 is 15.9 Å². The lowest BCUT2D eigenvalue weighted by Gasteiger charge is -2.04. The second-order valence-corrected chi connectivity index (χ2v) is 5.71. The van der Waals surface area contributed by atoms with E-state index in [2.05, 4.69) is 31.4 Å². The van der Waals surface area contributed by atoms with Crippen LogP contribution < -0.4 is 5.32 Å². The molecule has 3 rings (SSSR count). The van der Waals surface area contributed by atoms with Crippen LogP contribution in [0.1, 0.15) is 23.2 Å². The predicted molar refractivity (Wildman–Crippen MR) is 88.7 cm³/mol. The first kappa shape index (κ1) is 15.5. The third kappa shape index (κ3) is 3.34. The van der Waals surface area contributed by atoms with Gasteiger partial charge in [-0.05, 0) is 47.1 Å². The van der Waals surface area contributed by atoms with E-state index in [-0.39, 0.29) is 12.5 Å². The van der Waals surface area contributed by atoms with Crippen LogP contribution in [0.5, 0.6) is 0 Å². The number of nitrogens with one attached hydrogen (secondary N) is 1. The summed E-state index contributed by atoms with van der Waals surface area (Å²) in [6.45, 7) is 3.05. The number of hydrogen-bond acceptors (Lipinski definition) is 4. The SMILES string of the molecule is CCn1cccc1-c1noc(CNC(=O)c2ccccc2Br)n1. The number of nitrogens with zero attached hydrogens (tertiary/aromatic N) is 3. The number of benzene rings is 1. The number of amides is 1. The molecule has 0 aliphatic heterocycles. The Kier molecular flexibility index (Phi) is 4.57. The van der Waals surface area contributed by atoms with Gasteiger partial charge in [0.15, 0.2) is 0 Å². The third-order valence-electron chi connectivity index (χ3n) is 3.39. The Morgan fingerprint density at radius 2 is 2.13 bits per heavy atom. The minimum Gasteiger partial charge on any atom is -0.345 e. The molecule has 0 atom stereocenters. The summed E-state index contributed by atoms with van der Waals surface area (Å²) in [5.41, 5.74) is 1.45. The normalized spacial score (nSPS) is 10.7. The zero-order chi connectivity index (χ0) is 16.2. The van der Waals surface area contributed by atoms with Gasteiger partial charge >= 0.3 is 0 Å². The van der Waals surface area contributed by atoms with Gasteiger partial charge < -0.3 is 14.4 Å². The van der Waals surface area contributed by atoms with E-state index in [1.807, 2.05) is 48.0 Å². The van der Waals surface area contributed by atoms with Crippen molar-refractivity contribution < 1.29 is 9.32 Å². The van der Waals surface area contributed by atoms with Crippen molar-refractivity contribution in [3.8, 4) is 11.5 Å². The molecule has 118 valence electrons. The van der Waals surface area contributed by atoms with Gasteiger partial charge in [-0.2, -0.15) is 4.98 Å². The lowest BCUT2D eigenvalue weighted by atomic mass is 10.2. The molecule has 0 spiro atoms. The van der Waals surface area contributed by atoms with E-state index < -0.39 is 0 Å². The molecule has 7 heteroatoms. The van der Waals surface area contributed by atoms with Crippen LogP contribution in [0.15, 0.2) is 51.6 Å². The molecule has 0 unspecified atom stereocenters. The topological polar surface area (TPSA) is 73.0 Å². The van der Waals surface area contributed by atoms with Gasteiger partial charge in [0.25, 0.3) is 5.91 Å². The summed E-state index contributed by atoms with van der Waals surface area (Å²) in [5, 5.41) is 6.74. The molecule has 0 radical (unpaired) electrons. The Morgan fingerprint density at radius 1 is 1.30 bits per heavy atom. The second-order valence-electron chi connectivity index (χ2n) is 4.85. The van der Waals surface area contributed by atoms with Crippen LogP contribution in [0.4, 0.5) is 0 Å². The van der Waals surface area contributed by atoms with Crippen molar-refractivity contribution in [2.75, 3.05) is 0 Å². The Balaban J connectivity index is 1.68. The Bertz CT molecular complexity index is 825. The third-order valence-corrected chi connectivity index (χ3v) is 4.08. The maximum absolute atomic E-state index is 12.1. The Morgan fingerprint density at radius 3 is 2.91 bits per heavy atom. The largest absolute Gasteiger partial charge is 0.345 e. The molecular weight excluding hydrogens is 360 g/mol. The van der Waals surface area contributed by atoms with Gasteiger partial charge in [-0.25, -0.2) is 0 Å². The quantitative estimate of drug-likeness (QED) is 0.743. The van der Waals surface area contributed by atoms with Crippen molar-refractivity contribution in [3.63, 3.8) is 0 Å². The van der Waals surface area contributed by atoms with Gasteiger partial charge in [-0.1, -0.05) is 17.3 Å². The van der Waals surface area contributed by atoms with E-state index in [0.29, 0.717) is 17.3 Å². The van der Waals surface area contributed by atoms with E-state index in [1.165, 1.54) is 0 Å². The fraction of sp³-hybridized carbons (Fsp3) is 0.188. The highest BCUT2D eigenvalue weighted by Crippen LogP contribution is 2.17. The average Bonchev–Trinajstić information content (AvgIpc) is 3.21. The molecule has 1 N–H and O–H groups in total. The molecular formula is C16H15BrN4O2. The minimum atomic E-state index is -0.200. The van der Waals surface area contributed by atoms with Crippen LogP contribution in [-0.4, -0.2) is 20.6 Å². The van der Waals surface area contributed by atoms with Crippen molar-refractivity contribution in [1.29, 1.82) is 0 Å². The highest BCUT2D eigenvalue weighted by molar-refractivity contribution is 9.10. The van der Waals surface area contributed by atoms with Crippen LogP contribution in [0.2, 0.25) is 0 Å². The predicted octanol–water partition coefficient (Wildman–Crippen LogP) is 3.25. The Hall–Kier alpha value is -2.41. The maximum Gasteiger partial charge on any atom is 0.252 e. The number of rotatable bonds is 5. The standard InChI is InChI=1S/C16H15BrN4O2/c1-2-21-9-5-8-13(21)15-19-14(23-20-15)10-18-16(22)11-6-3-4-7-12(11)17/h3-9H,2,10H2,1H3,(H,18,22). The number of hydrogen-bond donors (Lipinski definition) is 1. The second kappa shape index (κ2) is 6.78. The molecule has 0 aliphatic carbocycles. The number of halogens is 1. The highest BCUT2D eigenvalue weighted by Gasteiger charge is 2.14. The van der Waals surface area contributed by atoms with E-state index in [4.69, 9.17) is 4.52 Å². The molecule has 0 saturated carbocycles. The zero-order valence-corrected chi connectivity index (χ0v) is 14.1. The lowest BCUT2D eigenvalue weighted by molar-refractivity contribution is 0.0945. The Labute approximate surface area is 141 Å². The highest BCUT2D eigenvalue weighted by atomic mass is 79.9. The number of carbonyl (C=O) groups excluding carboxylic acids is 1. The van der Waals surface area contributed by atoms with Crippen molar-refractivity contribution in [1.82, 2.24) is 20.0 Å². The summed E-state index contributed by atoms with van der Waals surface area (Å²) in [4.78, 5) is 16.5. The molecule has 0 fully saturated rings. The van der Waals surface area contributed by atoms with Gasteiger partial charge in [-0.15, -0.1) is 0 Å². The summed E-state index contributed by atoms with van der Waals surface area (Å²) >= 11 is 3.35. The van der Waals surface area contributed by atoms with E-state index in [9.17, 15) is 4.79 Å². The van der Waals surface area contributed by atoms with Crippen LogP contribution in [0.25, 0.3) is 11.5 Å². The molecule has 1 amide bonds. The summed E-state index contributed by atoms with van der Waals surface area (Å²) in [6.07, 6.45) is 1.96. The van der Waals surface area contributed by atoms with Crippen LogP contribution in [0, 0.1) is 0 Å². The van der Waals surface area contributed by atoms with Gasteiger partial charge in [0, 0.05) is 17.2 Å².